The molecule has 3 fully saturated rings. The second kappa shape index (κ2) is 9.80. The highest BCUT2D eigenvalue weighted by Crippen LogP contribution is 2.44. The second-order valence-corrected chi connectivity index (χ2v) is 9.26. The number of alkyl halides is 4. The summed E-state index contributed by atoms with van der Waals surface area (Å²) in [6.45, 7) is 2.19. The van der Waals surface area contributed by atoms with Crippen LogP contribution in [0.5, 0.6) is 0 Å². The Hall–Kier alpha value is -0.810. The Balaban J connectivity index is 1.50. The fraction of sp³-hybridized carbons (Fsp3) is 0.955. The van der Waals surface area contributed by atoms with Crippen LogP contribution in [-0.4, -0.2) is 36.8 Å². The van der Waals surface area contributed by atoms with Gasteiger partial charge in [0, 0.05) is 6.42 Å². The van der Waals surface area contributed by atoms with Gasteiger partial charge in [0.2, 0.25) is 0 Å². The van der Waals surface area contributed by atoms with Crippen LogP contribution in [0.1, 0.15) is 77.6 Å². The molecule has 28 heavy (non-hydrogen) atoms. The van der Waals surface area contributed by atoms with Gasteiger partial charge in [0.25, 0.3) is 0 Å². The zero-order valence-corrected chi connectivity index (χ0v) is 16.8. The lowest BCUT2D eigenvalue weighted by Gasteiger charge is -2.40. The van der Waals surface area contributed by atoms with Gasteiger partial charge in [0.1, 0.15) is 36.7 Å². The average molecular weight is 407 g/mol. The molecule has 0 spiro atoms. The minimum absolute atomic E-state index is 0.0196. The van der Waals surface area contributed by atoms with Crippen molar-refractivity contribution in [2.45, 2.75) is 108 Å². The Kier molecular flexibility index (Phi) is 7.66. The molecule has 0 saturated heterocycles. The lowest BCUT2D eigenvalue weighted by Crippen LogP contribution is -2.45. The number of hydrogen-bond donors (Lipinski definition) is 0. The Morgan fingerprint density at radius 2 is 1.43 bits per heavy atom. The summed E-state index contributed by atoms with van der Waals surface area (Å²) in [6, 6.07) is 0. The topological polar surface area (TPSA) is 26.3 Å². The van der Waals surface area contributed by atoms with Gasteiger partial charge in [-0.05, 0) is 56.3 Å². The third kappa shape index (κ3) is 5.21. The quantitative estimate of drug-likeness (QED) is 0.409. The highest BCUT2D eigenvalue weighted by atomic mass is 19.2. The Morgan fingerprint density at radius 1 is 0.786 bits per heavy atom. The van der Waals surface area contributed by atoms with Gasteiger partial charge in [-0.2, -0.15) is 0 Å². The Labute approximate surface area is 165 Å². The summed E-state index contributed by atoms with van der Waals surface area (Å²) in [7, 11) is 0. The molecule has 0 radical (unpaired) electrons. The third-order valence-electron chi connectivity index (χ3n) is 7.29. The maximum absolute atomic E-state index is 14.8. The normalized spacial score (nSPS) is 44.8. The standard InChI is InChI=1S/C22H34F4O2/c1-2-3-13-4-6-14(7-5-13)15-10-19(25)21(20(26)11-15)22(27)28-16-8-9-17(23)18(24)12-16/h13-21H,2-12H2,1H3. The molecule has 0 N–H and O–H groups in total. The summed E-state index contributed by atoms with van der Waals surface area (Å²) in [5.41, 5.74) is 0. The van der Waals surface area contributed by atoms with E-state index in [9.17, 15) is 22.4 Å². The van der Waals surface area contributed by atoms with E-state index >= 15 is 0 Å². The molecule has 2 nitrogen and oxygen atoms in total. The predicted octanol–water partition coefficient (Wildman–Crippen LogP) is 6.07. The summed E-state index contributed by atoms with van der Waals surface area (Å²) in [6.07, 6.45) is -0.0351. The molecule has 0 aromatic heterocycles. The molecule has 162 valence electrons. The summed E-state index contributed by atoms with van der Waals surface area (Å²) >= 11 is 0. The number of halogens is 4. The number of carbonyl (C=O) groups excluding carboxylic acids is 1. The fourth-order valence-electron chi connectivity index (χ4n) is 5.62. The largest absolute Gasteiger partial charge is 0.462 e. The van der Waals surface area contributed by atoms with E-state index < -0.39 is 42.7 Å². The molecule has 6 heteroatoms. The van der Waals surface area contributed by atoms with Crippen LogP contribution in [0.25, 0.3) is 0 Å². The maximum atomic E-state index is 14.8. The highest BCUT2D eigenvalue weighted by Gasteiger charge is 2.47. The van der Waals surface area contributed by atoms with Crippen molar-refractivity contribution in [3.05, 3.63) is 0 Å². The number of esters is 1. The summed E-state index contributed by atoms with van der Waals surface area (Å²) in [4.78, 5) is 12.4. The van der Waals surface area contributed by atoms with Crippen LogP contribution in [0.3, 0.4) is 0 Å². The van der Waals surface area contributed by atoms with Gasteiger partial charge in [-0.15, -0.1) is 0 Å². The Bertz CT molecular complexity index is 497. The maximum Gasteiger partial charge on any atom is 0.315 e. The zero-order valence-electron chi connectivity index (χ0n) is 16.8. The minimum Gasteiger partial charge on any atom is -0.462 e. The molecule has 3 rings (SSSR count). The highest BCUT2D eigenvalue weighted by molar-refractivity contribution is 5.74. The van der Waals surface area contributed by atoms with Crippen molar-refractivity contribution in [3.8, 4) is 0 Å². The molecule has 0 amide bonds. The van der Waals surface area contributed by atoms with Crippen molar-refractivity contribution in [3.63, 3.8) is 0 Å². The van der Waals surface area contributed by atoms with E-state index in [0.717, 1.165) is 31.6 Å². The van der Waals surface area contributed by atoms with Crippen LogP contribution in [0.15, 0.2) is 0 Å². The molecule has 3 aliphatic rings. The van der Waals surface area contributed by atoms with Gasteiger partial charge in [0.05, 0.1) is 0 Å². The van der Waals surface area contributed by atoms with Gasteiger partial charge in [-0.1, -0.05) is 32.6 Å². The van der Waals surface area contributed by atoms with Crippen molar-refractivity contribution in [2.24, 2.45) is 23.7 Å². The molecule has 3 aliphatic carbocycles. The number of rotatable bonds is 5. The summed E-state index contributed by atoms with van der Waals surface area (Å²) in [5.74, 6) is -1.27. The van der Waals surface area contributed by atoms with E-state index in [1.165, 1.54) is 12.8 Å². The van der Waals surface area contributed by atoms with E-state index in [1.807, 2.05) is 0 Å². The van der Waals surface area contributed by atoms with Crippen molar-refractivity contribution >= 4 is 5.97 Å². The summed E-state index contributed by atoms with van der Waals surface area (Å²) < 4.78 is 61.4. The van der Waals surface area contributed by atoms with Gasteiger partial charge in [0.15, 0.2) is 0 Å². The van der Waals surface area contributed by atoms with Crippen LogP contribution in [-0.2, 0) is 9.53 Å². The molecule has 3 saturated carbocycles. The first-order chi connectivity index (χ1) is 13.4. The van der Waals surface area contributed by atoms with E-state index in [4.69, 9.17) is 4.74 Å². The molecule has 5 atom stereocenters. The molecule has 0 bridgehead atoms. The van der Waals surface area contributed by atoms with Crippen molar-refractivity contribution < 1.29 is 27.1 Å². The molecule has 0 aromatic rings. The molecule has 0 aromatic carbocycles. The molecular formula is C22H34F4O2. The smallest absolute Gasteiger partial charge is 0.315 e. The van der Waals surface area contributed by atoms with E-state index in [-0.39, 0.29) is 38.0 Å². The number of ether oxygens (including phenoxy) is 1. The molecule has 5 unspecified atom stereocenters. The SMILES string of the molecule is CCCC1CCC(C2CC(F)C(C(=O)OC3CCC(F)C(F)C3)C(F)C2)CC1. The van der Waals surface area contributed by atoms with Gasteiger partial charge < -0.3 is 4.74 Å². The fourth-order valence-corrected chi connectivity index (χ4v) is 5.62. The average Bonchev–Trinajstić information content (AvgIpc) is 2.65. The van der Waals surface area contributed by atoms with Crippen LogP contribution in [0.2, 0.25) is 0 Å². The monoisotopic (exact) mass is 406 g/mol. The number of carbonyl (C=O) groups is 1. The van der Waals surface area contributed by atoms with Gasteiger partial charge >= 0.3 is 5.97 Å². The van der Waals surface area contributed by atoms with Crippen LogP contribution < -0.4 is 0 Å². The van der Waals surface area contributed by atoms with E-state index in [1.54, 1.807) is 0 Å². The second-order valence-electron chi connectivity index (χ2n) is 9.26. The van der Waals surface area contributed by atoms with Crippen LogP contribution in [0, 0.1) is 23.7 Å². The minimum atomic E-state index is -1.67. The first-order valence-electron chi connectivity index (χ1n) is 11.2. The number of hydrogen-bond acceptors (Lipinski definition) is 2. The lowest BCUT2D eigenvalue weighted by molar-refractivity contribution is -0.166. The first-order valence-corrected chi connectivity index (χ1v) is 11.2. The van der Waals surface area contributed by atoms with Crippen molar-refractivity contribution in [1.82, 2.24) is 0 Å². The van der Waals surface area contributed by atoms with Crippen LogP contribution >= 0.6 is 0 Å². The van der Waals surface area contributed by atoms with Gasteiger partial charge in [-0.3, -0.25) is 4.79 Å². The molecule has 0 aliphatic heterocycles. The first kappa shape index (κ1) is 21.9. The predicted molar refractivity (Wildman–Crippen MR) is 99.9 cm³/mol. The van der Waals surface area contributed by atoms with Crippen LogP contribution in [0.4, 0.5) is 17.6 Å². The molecule has 0 heterocycles. The summed E-state index contributed by atoms with van der Waals surface area (Å²) in [5, 5.41) is 0. The third-order valence-corrected chi connectivity index (χ3v) is 7.29. The molecular weight excluding hydrogens is 372 g/mol. The Morgan fingerprint density at radius 3 is 2.00 bits per heavy atom. The lowest BCUT2D eigenvalue weighted by atomic mass is 9.67. The van der Waals surface area contributed by atoms with Crippen molar-refractivity contribution in [2.75, 3.05) is 0 Å². The zero-order chi connectivity index (χ0) is 20.3. The van der Waals surface area contributed by atoms with E-state index in [0.29, 0.717) is 5.92 Å². The van der Waals surface area contributed by atoms with Crippen molar-refractivity contribution in [1.29, 1.82) is 0 Å². The van der Waals surface area contributed by atoms with Gasteiger partial charge in [-0.25, -0.2) is 17.6 Å². The van der Waals surface area contributed by atoms with E-state index in [2.05, 4.69) is 6.92 Å².